The number of hydrogen-bond donors (Lipinski definition) is 3. The zero-order chi connectivity index (χ0) is 16.0. The summed E-state index contributed by atoms with van der Waals surface area (Å²) in [4.78, 5) is 26.7. The molecule has 0 saturated carbocycles. The number of hydrazine groups is 1. The van der Waals surface area contributed by atoms with Crippen molar-refractivity contribution in [2.75, 3.05) is 12.3 Å². The van der Waals surface area contributed by atoms with Crippen LogP contribution in [-0.2, 0) is 9.59 Å². The number of carbonyl (C=O) groups is 2. The predicted molar refractivity (Wildman–Crippen MR) is 91.0 cm³/mol. The number of aromatic nitrogens is 1. The highest BCUT2D eigenvalue weighted by Crippen LogP contribution is 2.29. The number of nitrogens with two attached hydrogens (primary N) is 1. The Morgan fingerprint density at radius 2 is 2.00 bits per heavy atom. The number of amides is 2. The maximum atomic E-state index is 11.6. The summed E-state index contributed by atoms with van der Waals surface area (Å²) in [5.74, 6) is 5.65. The van der Waals surface area contributed by atoms with E-state index < -0.39 is 0 Å². The van der Waals surface area contributed by atoms with Crippen LogP contribution in [0, 0.1) is 0 Å². The maximum absolute atomic E-state index is 11.6. The first-order chi connectivity index (χ1) is 10.7. The van der Waals surface area contributed by atoms with Crippen LogP contribution in [0.25, 0.3) is 0 Å². The number of carbonyl (C=O) groups excluding carboxylic acids is 2. The molecule has 122 valence electrons. The maximum Gasteiger partial charge on any atom is 0.233 e. The zero-order valence-electron chi connectivity index (χ0n) is 12.4. The minimum absolute atomic E-state index is 0.0637. The highest BCUT2D eigenvalue weighted by atomic mass is 33.1. The molecule has 0 aliphatic heterocycles. The summed E-state index contributed by atoms with van der Waals surface area (Å²) in [5, 5.41) is 3.83. The van der Waals surface area contributed by atoms with Crippen LogP contribution in [0.1, 0.15) is 32.1 Å². The van der Waals surface area contributed by atoms with Gasteiger partial charge in [-0.05, 0) is 35.8 Å². The highest BCUT2D eigenvalue weighted by Gasteiger charge is 2.02. The minimum atomic E-state index is -0.147. The van der Waals surface area contributed by atoms with Crippen molar-refractivity contribution in [3.63, 3.8) is 0 Å². The van der Waals surface area contributed by atoms with E-state index in [1.165, 1.54) is 0 Å². The molecular weight excluding hydrogens is 320 g/mol. The van der Waals surface area contributed by atoms with E-state index in [9.17, 15) is 9.59 Å². The number of nitrogens with zero attached hydrogens (tertiary/aromatic N) is 1. The largest absolute Gasteiger partial charge is 0.356 e. The van der Waals surface area contributed by atoms with Gasteiger partial charge in [0.15, 0.2) is 0 Å². The van der Waals surface area contributed by atoms with Gasteiger partial charge in [0.1, 0.15) is 5.03 Å². The normalized spacial score (nSPS) is 10.2. The second-order valence-corrected chi connectivity index (χ2v) is 6.99. The van der Waals surface area contributed by atoms with Gasteiger partial charge in [-0.1, -0.05) is 23.3 Å². The lowest BCUT2D eigenvalue weighted by atomic mass is 10.2. The molecule has 8 heteroatoms. The number of hydrogen-bond acceptors (Lipinski definition) is 6. The molecule has 0 aliphatic carbocycles. The van der Waals surface area contributed by atoms with E-state index in [1.54, 1.807) is 27.8 Å². The monoisotopic (exact) mass is 342 g/mol. The van der Waals surface area contributed by atoms with Crippen LogP contribution < -0.4 is 16.6 Å². The van der Waals surface area contributed by atoms with Crippen LogP contribution in [0.15, 0.2) is 29.4 Å². The van der Waals surface area contributed by atoms with Crippen LogP contribution in [0.4, 0.5) is 0 Å². The van der Waals surface area contributed by atoms with Gasteiger partial charge in [0.05, 0.1) is 0 Å². The van der Waals surface area contributed by atoms with Crippen molar-refractivity contribution in [1.82, 2.24) is 15.7 Å². The molecule has 2 amide bonds. The van der Waals surface area contributed by atoms with Crippen LogP contribution in [0.3, 0.4) is 0 Å². The van der Waals surface area contributed by atoms with Crippen LogP contribution in [-0.4, -0.2) is 29.1 Å². The molecule has 0 saturated heterocycles. The van der Waals surface area contributed by atoms with E-state index in [1.807, 2.05) is 18.2 Å². The molecule has 0 atom stereocenters. The van der Waals surface area contributed by atoms with Gasteiger partial charge < -0.3 is 5.32 Å². The van der Waals surface area contributed by atoms with Gasteiger partial charge in [0.25, 0.3) is 0 Å². The number of nitrogens with one attached hydrogen (secondary N) is 2. The second-order valence-electron chi connectivity index (χ2n) is 4.55. The molecule has 0 spiro atoms. The summed E-state index contributed by atoms with van der Waals surface area (Å²) >= 11 is 0. The summed E-state index contributed by atoms with van der Waals surface area (Å²) in [6.07, 6.45) is 5.26. The first-order valence-electron chi connectivity index (χ1n) is 7.19. The molecule has 0 unspecified atom stereocenters. The summed E-state index contributed by atoms with van der Waals surface area (Å²) < 4.78 is 0. The Morgan fingerprint density at radius 3 is 2.73 bits per heavy atom. The average Bonchev–Trinajstić information content (AvgIpc) is 2.55. The number of rotatable bonds is 11. The summed E-state index contributed by atoms with van der Waals surface area (Å²) in [5.41, 5.74) is 2.10. The lowest BCUT2D eigenvalue weighted by Crippen LogP contribution is -2.29. The molecular formula is C14H22N4O2S2. The van der Waals surface area contributed by atoms with E-state index in [0.29, 0.717) is 19.4 Å². The first-order valence-corrected chi connectivity index (χ1v) is 9.51. The smallest absolute Gasteiger partial charge is 0.233 e. The van der Waals surface area contributed by atoms with Crippen molar-refractivity contribution in [2.45, 2.75) is 37.1 Å². The zero-order valence-corrected chi connectivity index (χ0v) is 14.0. The molecule has 22 heavy (non-hydrogen) atoms. The Hall–Kier alpha value is -1.25. The molecule has 0 radical (unpaired) electrons. The summed E-state index contributed by atoms with van der Waals surface area (Å²) in [6, 6.07) is 5.77. The predicted octanol–water partition coefficient (Wildman–Crippen LogP) is 1.88. The molecule has 0 aromatic carbocycles. The van der Waals surface area contributed by atoms with Crippen LogP contribution >= 0.6 is 21.6 Å². The fourth-order valence-corrected chi connectivity index (χ4v) is 3.48. The highest BCUT2D eigenvalue weighted by molar-refractivity contribution is 8.76. The molecule has 0 bridgehead atoms. The fourth-order valence-electron chi connectivity index (χ4n) is 1.61. The van der Waals surface area contributed by atoms with Crippen molar-refractivity contribution in [3.8, 4) is 0 Å². The van der Waals surface area contributed by atoms with E-state index in [-0.39, 0.29) is 11.8 Å². The number of pyridine rings is 1. The lowest BCUT2D eigenvalue weighted by Gasteiger charge is -2.05. The van der Waals surface area contributed by atoms with Crippen molar-refractivity contribution < 1.29 is 9.59 Å². The van der Waals surface area contributed by atoms with Gasteiger partial charge in [-0.15, -0.1) is 0 Å². The molecule has 6 nitrogen and oxygen atoms in total. The second kappa shape index (κ2) is 12.3. The Bertz CT molecular complexity index is 446. The van der Waals surface area contributed by atoms with Crippen molar-refractivity contribution in [1.29, 1.82) is 0 Å². The van der Waals surface area contributed by atoms with Gasteiger partial charge in [-0.2, -0.15) is 0 Å². The van der Waals surface area contributed by atoms with Crippen LogP contribution in [0.5, 0.6) is 0 Å². The van der Waals surface area contributed by atoms with E-state index in [4.69, 9.17) is 5.84 Å². The molecule has 0 fully saturated rings. The Morgan fingerprint density at radius 1 is 1.14 bits per heavy atom. The first kappa shape index (κ1) is 18.8. The van der Waals surface area contributed by atoms with Crippen molar-refractivity contribution >= 4 is 33.4 Å². The van der Waals surface area contributed by atoms with Crippen molar-refractivity contribution in [3.05, 3.63) is 24.4 Å². The summed E-state index contributed by atoms with van der Waals surface area (Å²) in [6.45, 7) is 0.654. The minimum Gasteiger partial charge on any atom is -0.356 e. The molecule has 1 heterocycles. The summed E-state index contributed by atoms with van der Waals surface area (Å²) in [7, 11) is 3.20. The average molecular weight is 342 g/mol. The quantitative estimate of drug-likeness (QED) is 0.187. The molecule has 0 aliphatic rings. The van der Waals surface area contributed by atoms with Crippen LogP contribution in [0.2, 0.25) is 0 Å². The third-order valence-electron chi connectivity index (χ3n) is 2.76. The topological polar surface area (TPSA) is 97.1 Å². The Labute approximate surface area is 138 Å². The SMILES string of the molecule is NNC(=O)CCCCCNC(=O)CCSSc1ccccn1. The standard InChI is InChI=1S/C14H22N4O2S2/c15-18-13(20)6-2-1-4-9-16-12(19)8-11-21-22-14-7-3-5-10-17-14/h3,5,7,10H,1-2,4,6,8-9,11,15H2,(H,16,19)(H,18,20). The Balaban J connectivity index is 1.92. The van der Waals surface area contributed by atoms with Gasteiger partial charge in [0.2, 0.25) is 11.8 Å². The molecule has 4 N–H and O–H groups in total. The third-order valence-corrected chi connectivity index (χ3v) is 5.03. The third kappa shape index (κ3) is 9.64. The van der Waals surface area contributed by atoms with Gasteiger partial charge in [0, 0.05) is 31.3 Å². The molecule has 1 aromatic rings. The van der Waals surface area contributed by atoms with Gasteiger partial charge in [-0.25, -0.2) is 10.8 Å². The van der Waals surface area contributed by atoms with Gasteiger partial charge >= 0.3 is 0 Å². The molecule has 1 aromatic heterocycles. The lowest BCUT2D eigenvalue weighted by molar-refractivity contribution is -0.122. The molecule has 1 rings (SSSR count). The van der Waals surface area contributed by atoms with E-state index >= 15 is 0 Å². The van der Waals surface area contributed by atoms with Gasteiger partial charge in [-0.3, -0.25) is 15.0 Å². The fraction of sp³-hybridized carbons (Fsp3) is 0.500. The van der Waals surface area contributed by atoms with Crippen molar-refractivity contribution in [2.24, 2.45) is 5.84 Å². The van der Waals surface area contributed by atoms with E-state index in [2.05, 4.69) is 15.7 Å². The van der Waals surface area contributed by atoms with E-state index in [0.717, 1.165) is 30.0 Å². The Kier molecular flexibility index (Phi) is 10.5. The number of unbranched alkanes of at least 4 members (excludes halogenated alkanes) is 2.